The van der Waals surface area contributed by atoms with E-state index in [4.69, 9.17) is 4.74 Å². The Bertz CT molecular complexity index is 1060. The molecule has 5 heteroatoms. The summed E-state index contributed by atoms with van der Waals surface area (Å²) in [7, 11) is 0. The summed E-state index contributed by atoms with van der Waals surface area (Å²) >= 11 is 0. The molecule has 0 radical (unpaired) electrons. The molecule has 2 aliphatic heterocycles. The predicted molar refractivity (Wildman–Crippen MR) is 111 cm³/mol. The molecule has 29 heavy (non-hydrogen) atoms. The van der Waals surface area contributed by atoms with Crippen molar-refractivity contribution in [1.29, 1.82) is 0 Å². The topological polar surface area (TPSA) is 62.7 Å². The molecule has 1 aromatic carbocycles. The number of Topliss-reactive ketones (excluding diaryl/α,β-unsaturated/α-hetero) is 1. The molecule has 148 valence electrons. The Labute approximate surface area is 170 Å². The zero-order valence-electron chi connectivity index (χ0n) is 16.6. The van der Waals surface area contributed by atoms with E-state index in [-0.39, 0.29) is 11.5 Å². The molecule has 1 fully saturated rings. The summed E-state index contributed by atoms with van der Waals surface area (Å²) < 4.78 is 6.04. The third-order valence-corrected chi connectivity index (χ3v) is 5.97. The van der Waals surface area contributed by atoms with E-state index < -0.39 is 0 Å². The summed E-state index contributed by atoms with van der Waals surface area (Å²) in [4.78, 5) is 19.9. The first-order valence-electron chi connectivity index (χ1n) is 10.3. The van der Waals surface area contributed by atoms with E-state index in [1.54, 1.807) is 12.1 Å². The molecule has 0 atom stereocenters. The molecule has 0 saturated carbocycles. The van der Waals surface area contributed by atoms with Gasteiger partial charge in [-0.2, -0.15) is 0 Å². The smallest absolute Gasteiger partial charge is 0.231 e. The maximum Gasteiger partial charge on any atom is 0.231 e. The highest BCUT2D eigenvalue weighted by Gasteiger charge is 2.32. The lowest BCUT2D eigenvalue weighted by Crippen LogP contribution is -2.29. The lowest BCUT2D eigenvalue weighted by molar-refractivity contribution is 0.101. The number of pyridine rings is 1. The average molecular weight is 388 g/mol. The number of fused-ring (bicyclic) bond motifs is 2. The zero-order chi connectivity index (χ0) is 20.0. The molecule has 0 spiro atoms. The summed E-state index contributed by atoms with van der Waals surface area (Å²) in [5.41, 5.74) is 5.27. The fraction of sp³-hybridized carbons (Fsp3) is 0.333. The molecule has 1 saturated heterocycles. The summed E-state index contributed by atoms with van der Waals surface area (Å²) in [6.45, 7) is 4.60. The quantitative estimate of drug-likeness (QED) is 0.799. The number of aryl methyl sites for hydroxylation is 1. The number of phenols is 1. The Morgan fingerprint density at radius 2 is 1.93 bits per heavy atom. The number of piperidine rings is 1. The summed E-state index contributed by atoms with van der Waals surface area (Å²) in [6, 6.07) is 7.31. The third-order valence-electron chi connectivity index (χ3n) is 5.97. The standard InChI is InChI=1S/C24H24N2O3/c1-15-5-7-17-16(6-9-20(17)25-15)13-22-23(28)18-8-10-21(27)19(24(18)29-22)14-26-11-3-2-4-12-26/h5-8,10,13,27H,2-4,9,11-12,14H2,1H3/b22-13-. The van der Waals surface area contributed by atoms with E-state index in [1.165, 1.54) is 19.3 Å². The van der Waals surface area contributed by atoms with Crippen LogP contribution in [0.15, 0.2) is 42.2 Å². The number of benzene rings is 1. The van der Waals surface area contributed by atoms with Gasteiger partial charge < -0.3 is 9.84 Å². The number of aromatic nitrogens is 1. The van der Waals surface area contributed by atoms with Crippen molar-refractivity contribution in [3.05, 3.63) is 70.3 Å². The van der Waals surface area contributed by atoms with E-state index in [1.807, 2.05) is 25.1 Å². The van der Waals surface area contributed by atoms with E-state index >= 15 is 0 Å². The Balaban J connectivity index is 1.45. The van der Waals surface area contributed by atoms with Gasteiger partial charge in [0, 0.05) is 24.2 Å². The number of rotatable bonds is 3. The largest absolute Gasteiger partial charge is 0.507 e. The van der Waals surface area contributed by atoms with Gasteiger partial charge in [0.05, 0.1) is 16.8 Å². The van der Waals surface area contributed by atoms with Crippen molar-refractivity contribution in [1.82, 2.24) is 9.88 Å². The third kappa shape index (κ3) is 3.25. The number of aromatic hydroxyl groups is 1. The van der Waals surface area contributed by atoms with Crippen LogP contribution in [0.3, 0.4) is 0 Å². The van der Waals surface area contributed by atoms with E-state index in [2.05, 4.69) is 16.0 Å². The second kappa shape index (κ2) is 7.16. The SMILES string of the molecule is Cc1ccc2c(n1)CC=C2/C=C1\Oc2c(ccc(O)c2CN2CCCCC2)C1=O. The molecule has 2 aromatic rings. The molecule has 0 amide bonds. The lowest BCUT2D eigenvalue weighted by atomic mass is 10.0. The molecular formula is C24H24N2O3. The monoisotopic (exact) mass is 388 g/mol. The number of hydrogen-bond donors (Lipinski definition) is 1. The summed E-state index contributed by atoms with van der Waals surface area (Å²) in [6.07, 6.45) is 8.24. The number of likely N-dealkylation sites (tertiary alicyclic amines) is 1. The van der Waals surface area contributed by atoms with Crippen LogP contribution in [0.25, 0.3) is 5.57 Å². The van der Waals surface area contributed by atoms with Crippen LogP contribution in [-0.4, -0.2) is 33.9 Å². The number of phenolic OH excluding ortho intramolecular Hbond substituents is 1. The van der Waals surface area contributed by atoms with Gasteiger partial charge in [0.15, 0.2) is 5.76 Å². The van der Waals surface area contributed by atoms with Crippen molar-refractivity contribution in [2.75, 3.05) is 13.1 Å². The van der Waals surface area contributed by atoms with Gasteiger partial charge >= 0.3 is 0 Å². The average Bonchev–Trinajstić information content (AvgIpc) is 3.26. The second-order valence-corrected chi connectivity index (χ2v) is 8.03. The fourth-order valence-electron chi connectivity index (χ4n) is 4.41. The molecule has 3 aliphatic rings. The van der Waals surface area contributed by atoms with Gasteiger partial charge in [-0.15, -0.1) is 0 Å². The van der Waals surface area contributed by atoms with Gasteiger partial charge in [0.1, 0.15) is 11.5 Å². The first kappa shape index (κ1) is 18.1. The molecule has 5 nitrogen and oxygen atoms in total. The number of ketones is 1. The minimum Gasteiger partial charge on any atom is -0.507 e. The Hall–Kier alpha value is -2.92. The molecule has 3 heterocycles. The van der Waals surface area contributed by atoms with E-state index in [0.29, 0.717) is 29.2 Å². The highest BCUT2D eigenvalue weighted by Crippen LogP contribution is 2.41. The summed E-state index contributed by atoms with van der Waals surface area (Å²) in [5.74, 6) is 0.876. The van der Waals surface area contributed by atoms with Gasteiger partial charge in [-0.1, -0.05) is 18.6 Å². The Morgan fingerprint density at radius 1 is 1.14 bits per heavy atom. The number of nitrogens with zero attached hydrogens (tertiary/aromatic N) is 2. The number of carbonyl (C=O) groups excluding carboxylic acids is 1. The Kier molecular flexibility index (Phi) is 4.47. The molecule has 0 unspecified atom stereocenters. The molecule has 1 N–H and O–H groups in total. The van der Waals surface area contributed by atoms with Crippen LogP contribution in [0.4, 0.5) is 0 Å². The minimum absolute atomic E-state index is 0.130. The maximum absolute atomic E-state index is 13.0. The van der Waals surface area contributed by atoms with Gasteiger partial charge in [0.25, 0.3) is 0 Å². The van der Waals surface area contributed by atoms with Crippen molar-refractivity contribution < 1.29 is 14.6 Å². The van der Waals surface area contributed by atoms with Crippen molar-refractivity contribution >= 4 is 11.4 Å². The number of hydrogen-bond acceptors (Lipinski definition) is 5. The van der Waals surface area contributed by atoms with Crippen LogP contribution < -0.4 is 4.74 Å². The van der Waals surface area contributed by atoms with Crippen molar-refractivity contribution in [3.8, 4) is 11.5 Å². The van der Waals surface area contributed by atoms with Crippen molar-refractivity contribution in [3.63, 3.8) is 0 Å². The van der Waals surface area contributed by atoms with Crippen LogP contribution in [0.5, 0.6) is 11.5 Å². The van der Waals surface area contributed by atoms with Crippen LogP contribution in [0.2, 0.25) is 0 Å². The summed E-state index contributed by atoms with van der Waals surface area (Å²) in [5, 5.41) is 10.5. The molecule has 5 rings (SSSR count). The van der Waals surface area contributed by atoms with Crippen LogP contribution >= 0.6 is 0 Å². The fourth-order valence-corrected chi connectivity index (χ4v) is 4.41. The highest BCUT2D eigenvalue weighted by molar-refractivity contribution is 6.14. The highest BCUT2D eigenvalue weighted by atomic mass is 16.5. The maximum atomic E-state index is 13.0. The van der Waals surface area contributed by atoms with Crippen LogP contribution in [0.1, 0.15) is 52.1 Å². The first-order valence-corrected chi connectivity index (χ1v) is 10.3. The number of ether oxygens (including phenoxy) is 1. The molecule has 1 aliphatic carbocycles. The van der Waals surface area contributed by atoms with Crippen LogP contribution in [-0.2, 0) is 13.0 Å². The molecule has 1 aromatic heterocycles. The van der Waals surface area contributed by atoms with Crippen molar-refractivity contribution in [2.24, 2.45) is 0 Å². The molecular weight excluding hydrogens is 364 g/mol. The Morgan fingerprint density at radius 3 is 2.76 bits per heavy atom. The number of carbonyl (C=O) groups is 1. The van der Waals surface area contributed by atoms with E-state index in [9.17, 15) is 9.90 Å². The second-order valence-electron chi connectivity index (χ2n) is 8.03. The molecule has 0 bridgehead atoms. The van der Waals surface area contributed by atoms with Crippen molar-refractivity contribution in [2.45, 2.75) is 39.2 Å². The van der Waals surface area contributed by atoms with Gasteiger partial charge in [-0.05, 0) is 62.7 Å². The first-order chi connectivity index (χ1) is 14.1. The minimum atomic E-state index is -0.130. The van der Waals surface area contributed by atoms with Gasteiger partial charge in [0.2, 0.25) is 5.78 Å². The lowest BCUT2D eigenvalue weighted by Gasteiger charge is -2.27. The number of allylic oxidation sites excluding steroid dienone is 4. The normalized spacial score (nSPS) is 19.8. The zero-order valence-corrected chi connectivity index (χ0v) is 16.6. The van der Waals surface area contributed by atoms with Gasteiger partial charge in [-0.25, -0.2) is 0 Å². The van der Waals surface area contributed by atoms with E-state index in [0.717, 1.165) is 42.0 Å². The predicted octanol–water partition coefficient (Wildman–Crippen LogP) is 4.18. The van der Waals surface area contributed by atoms with Crippen LogP contribution in [0, 0.1) is 6.92 Å². The van der Waals surface area contributed by atoms with Gasteiger partial charge in [-0.3, -0.25) is 14.7 Å².